The average molecular weight is 178 g/mol. The van der Waals surface area contributed by atoms with Crippen LogP contribution in [0, 0.1) is 5.41 Å². The summed E-state index contributed by atoms with van der Waals surface area (Å²) in [6.45, 7) is 7.74. The average Bonchev–Trinajstić information content (AvgIpc) is 1.97. The van der Waals surface area contributed by atoms with E-state index in [-0.39, 0.29) is 11.2 Å². The van der Waals surface area contributed by atoms with Crippen molar-refractivity contribution in [2.45, 2.75) is 27.7 Å². The molecule has 0 radical (unpaired) electrons. The van der Waals surface area contributed by atoms with Crippen LogP contribution in [0.2, 0.25) is 0 Å². The van der Waals surface area contributed by atoms with Crippen molar-refractivity contribution >= 4 is 11.6 Å². The maximum atomic E-state index is 11.2. The van der Waals surface area contributed by atoms with Crippen molar-refractivity contribution in [1.29, 1.82) is 0 Å². The third-order valence-electron chi connectivity index (χ3n) is 2.11. The Morgan fingerprint density at radius 3 is 2.00 bits per heavy atom. The van der Waals surface area contributed by atoms with E-state index >= 15 is 0 Å². The molecule has 0 heterocycles. The molecular weight excluding hydrogens is 164 g/mol. The minimum atomic E-state index is -0.398. The molecule has 0 unspecified atom stereocenters. The van der Waals surface area contributed by atoms with Gasteiger partial charge < -0.3 is 0 Å². The molecule has 0 aromatic carbocycles. The van der Waals surface area contributed by atoms with Crippen LogP contribution in [0.5, 0.6) is 0 Å². The van der Waals surface area contributed by atoms with E-state index in [2.05, 4.69) is 0 Å². The minimum absolute atomic E-state index is 0.0718. The highest BCUT2D eigenvalue weighted by Gasteiger charge is 2.24. The van der Waals surface area contributed by atoms with Crippen molar-refractivity contribution in [2.24, 2.45) is 5.41 Å². The molecule has 70 valence electrons. The van der Waals surface area contributed by atoms with Gasteiger partial charge >= 0.3 is 0 Å². The van der Waals surface area contributed by atoms with E-state index in [9.17, 15) is 9.59 Å². The second-order valence-corrected chi connectivity index (χ2v) is 4.37. The smallest absolute Gasteiger partial charge is 0.228 e. The van der Waals surface area contributed by atoms with Gasteiger partial charge in [0.25, 0.3) is 0 Å². The number of allylic oxidation sites excluding steroid dienone is 4. The van der Waals surface area contributed by atoms with Crippen molar-refractivity contribution in [3.63, 3.8) is 0 Å². The zero-order valence-corrected chi connectivity index (χ0v) is 8.47. The number of ketones is 2. The molecule has 0 aliphatic heterocycles. The molecule has 1 rings (SSSR count). The summed E-state index contributed by atoms with van der Waals surface area (Å²) in [5.41, 5.74) is 1.39. The first-order chi connectivity index (χ1) is 5.82. The van der Waals surface area contributed by atoms with Crippen LogP contribution in [-0.4, -0.2) is 11.6 Å². The minimum Gasteiger partial charge on any atom is -0.286 e. The van der Waals surface area contributed by atoms with E-state index in [1.54, 1.807) is 13.0 Å². The molecule has 0 aromatic rings. The first-order valence-electron chi connectivity index (χ1n) is 4.31. The van der Waals surface area contributed by atoms with Crippen molar-refractivity contribution < 1.29 is 9.59 Å². The normalized spacial score (nSPS) is 18.5. The fourth-order valence-electron chi connectivity index (χ4n) is 1.17. The summed E-state index contributed by atoms with van der Waals surface area (Å²) in [7, 11) is 0. The molecular formula is C11H14O2. The van der Waals surface area contributed by atoms with Gasteiger partial charge in [-0.25, -0.2) is 0 Å². The zero-order valence-electron chi connectivity index (χ0n) is 8.47. The lowest BCUT2D eigenvalue weighted by molar-refractivity contribution is -0.131. The summed E-state index contributed by atoms with van der Waals surface area (Å²) in [6, 6.07) is 0. The first-order valence-corrected chi connectivity index (χ1v) is 4.31. The molecule has 0 bridgehead atoms. The van der Waals surface area contributed by atoms with Gasteiger partial charge in [0.2, 0.25) is 11.6 Å². The van der Waals surface area contributed by atoms with Gasteiger partial charge in [0.1, 0.15) is 0 Å². The molecule has 0 N–H and O–H groups in total. The van der Waals surface area contributed by atoms with E-state index in [0.29, 0.717) is 5.57 Å². The Labute approximate surface area is 78.3 Å². The molecule has 0 spiro atoms. The van der Waals surface area contributed by atoms with Crippen LogP contribution >= 0.6 is 0 Å². The van der Waals surface area contributed by atoms with Gasteiger partial charge in [-0.15, -0.1) is 0 Å². The van der Waals surface area contributed by atoms with E-state index in [1.165, 1.54) is 6.08 Å². The summed E-state index contributed by atoms with van der Waals surface area (Å²) < 4.78 is 0. The SMILES string of the molecule is CC1=CC(C(C)(C)C)=CC(=O)C1=O. The molecule has 2 heteroatoms. The largest absolute Gasteiger partial charge is 0.286 e. The monoisotopic (exact) mass is 178 g/mol. The van der Waals surface area contributed by atoms with Crippen molar-refractivity contribution in [1.82, 2.24) is 0 Å². The summed E-state index contributed by atoms with van der Waals surface area (Å²) in [5.74, 6) is -0.780. The number of rotatable bonds is 0. The van der Waals surface area contributed by atoms with Gasteiger partial charge in [0, 0.05) is 5.57 Å². The number of carbonyl (C=O) groups excluding carboxylic acids is 2. The van der Waals surface area contributed by atoms with Gasteiger partial charge in [-0.05, 0) is 24.0 Å². The number of Topliss-reactive ketones (excluding diaryl/α,β-unsaturated/α-hetero) is 1. The van der Waals surface area contributed by atoms with Gasteiger partial charge in [-0.3, -0.25) is 9.59 Å². The van der Waals surface area contributed by atoms with Gasteiger partial charge in [-0.2, -0.15) is 0 Å². The molecule has 0 atom stereocenters. The third-order valence-corrected chi connectivity index (χ3v) is 2.11. The van der Waals surface area contributed by atoms with Crippen molar-refractivity contribution in [3.8, 4) is 0 Å². The maximum Gasteiger partial charge on any atom is 0.228 e. The van der Waals surface area contributed by atoms with E-state index in [4.69, 9.17) is 0 Å². The predicted molar refractivity (Wildman–Crippen MR) is 51.3 cm³/mol. The van der Waals surface area contributed by atoms with Gasteiger partial charge in [0.05, 0.1) is 0 Å². The molecule has 0 saturated heterocycles. The summed E-state index contributed by atoms with van der Waals surface area (Å²) in [4.78, 5) is 22.3. The van der Waals surface area contributed by atoms with Crippen LogP contribution in [0.15, 0.2) is 23.3 Å². The molecule has 1 aliphatic carbocycles. The summed E-state index contributed by atoms with van der Waals surface area (Å²) >= 11 is 0. The van der Waals surface area contributed by atoms with Crippen LogP contribution in [0.25, 0.3) is 0 Å². The zero-order chi connectivity index (χ0) is 10.2. The lowest BCUT2D eigenvalue weighted by Crippen LogP contribution is -2.21. The molecule has 2 nitrogen and oxygen atoms in total. The molecule has 0 aromatic heterocycles. The van der Waals surface area contributed by atoms with E-state index in [0.717, 1.165) is 5.57 Å². The second-order valence-electron chi connectivity index (χ2n) is 4.37. The first kappa shape index (κ1) is 9.90. The fourth-order valence-corrected chi connectivity index (χ4v) is 1.17. The number of hydrogen-bond acceptors (Lipinski definition) is 2. The quantitative estimate of drug-likeness (QED) is 0.420. The maximum absolute atomic E-state index is 11.2. The number of hydrogen-bond donors (Lipinski definition) is 0. The van der Waals surface area contributed by atoms with E-state index < -0.39 is 5.78 Å². The fraction of sp³-hybridized carbons (Fsp3) is 0.455. The molecule has 0 amide bonds. The van der Waals surface area contributed by atoms with Crippen LogP contribution in [0.1, 0.15) is 27.7 Å². The summed E-state index contributed by atoms with van der Waals surface area (Å²) in [5, 5.41) is 0. The van der Waals surface area contributed by atoms with E-state index in [1.807, 2.05) is 20.8 Å². The lowest BCUT2D eigenvalue weighted by Gasteiger charge is -2.22. The highest BCUT2D eigenvalue weighted by Crippen LogP contribution is 2.29. The van der Waals surface area contributed by atoms with Crippen LogP contribution in [0.3, 0.4) is 0 Å². The highest BCUT2D eigenvalue weighted by molar-refractivity contribution is 6.48. The Kier molecular flexibility index (Phi) is 2.24. The van der Waals surface area contributed by atoms with Crippen molar-refractivity contribution in [3.05, 3.63) is 23.3 Å². The van der Waals surface area contributed by atoms with Crippen LogP contribution in [-0.2, 0) is 9.59 Å². The Morgan fingerprint density at radius 1 is 1.08 bits per heavy atom. The lowest BCUT2D eigenvalue weighted by atomic mass is 9.81. The van der Waals surface area contributed by atoms with Gasteiger partial charge in [0.15, 0.2) is 0 Å². The molecule has 0 fully saturated rings. The van der Waals surface area contributed by atoms with Crippen LogP contribution < -0.4 is 0 Å². The highest BCUT2D eigenvalue weighted by atomic mass is 16.2. The van der Waals surface area contributed by atoms with Crippen LogP contribution in [0.4, 0.5) is 0 Å². The Balaban J connectivity index is 3.12. The standard InChI is InChI=1S/C11H14O2/c1-7-5-8(11(2,3)4)6-9(12)10(7)13/h5-6H,1-4H3. The third kappa shape index (κ3) is 1.94. The Hall–Kier alpha value is -1.18. The summed E-state index contributed by atoms with van der Waals surface area (Å²) in [6.07, 6.45) is 3.24. The molecule has 13 heavy (non-hydrogen) atoms. The molecule has 1 aliphatic rings. The number of carbonyl (C=O) groups is 2. The Morgan fingerprint density at radius 2 is 1.62 bits per heavy atom. The van der Waals surface area contributed by atoms with Crippen molar-refractivity contribution in [2.75, 3.05) is 0 Å². The predicted octanol–water partition coefficient (Wildman–Crippen LogP) is 2.06. The molecule has 0 saturated carbocycles. The second kappa shape index (κ2) is 2.95. The van der Waals surface area contributed by atoms with Gasteiger partial charge in [-0.1, -0.05) is 26.8 Å². The Bertz CT molecular complexity index is 324. The topological polar surface area (TPSA) is 34.1 Å².